The van der Waals surface area contributed by atoms with Crippen molar-refractivity contribution in [3.05, 3.63) is 87.5 Å². The molecule has 1 aliphatic rings. The van der Waals surface area contributed by atoms with Crippen LogP contribution in [0, 0.1) is 28.4 Å². The number of aromatic nitrogens is 1. The van der Waals surface area contributed by atoms with Crippen molar-refractivity contribution in [3.8, 4) is 11.9 Å². The lowest BCUT2D eigenvalue weighted by atomic mass is 9.62. The van der Waals surface area contributed by atoms with E-state index in [1.807, 2.05) is 20.8 Å². The number of nitrogens with one attached hydrogen (secondary N) is 2. The second kappa shape index (κ2) is 11.1. The normalized spacial score (nSPS) is 22.8. The van der Waals surface area contributed by atoms with Crippen LogP contribution in [0.2, 0.25) is 10.0 Å². The first-order chi connectivity index (χ1) is 18.4. The molecular weight excluding hydrogens is 545 g/mol. The van der Waals surface area contributed by atoms with Crippen LogP contribution in [0.5, 0.6) is 5.88 Å². The summed E-state index contributed by atoms with van der Waals surface area (Å²) in [6, 6.07) is 12.1. The van der Waals surface area contributed by atoms with E-state index < -0.39 is 41.0 Å². The van der Waals surface area contributed by atoms with Crippen LogP contribution in [0.4, 0.5) is 14.5 Å². The summed E-state index contributed by atoms with van der Waals surface area (Å²) < 4.78 is 36.4. The van der Waals surface area contributed by atoms with Gasteiger partial charge in [0.15, 0.2) is 0 Å². The van der Waals surface area contributed by atoms with Gasteiger partial charge in [-0.2, -0.15) is 5.26 Å². The van der Waals surface area contributed by atoms with Crippen LogP contribution in [-0.2, 0) is 10.2 Å². The predicted octanol–water partition coefficient (Wildman–Crippen LogP) is 6.64. The van der Waals surface area contributed by atoms with Gasteiger partial charge in [0.2, 0.25) is 11.8 Å². The predicted molar refractivity (Wildman–Crippen MR) is 147 cm³/mol. The molecule has 0 aliphatic carbocycles. The molecule has 4 rings (SSSR count). The molecule has 2 aromatic carbocycles. The monoisotopic (exact) mass is 572 g/mol. The van der Waals surface area contributed by atoms with Crippen molar-refractivity contribution in [2.24, 2.45) is 5.41 Å². The third-order valence-corrected chi connectivity index (χ3v) is 7.47. The molecule has 1 aromatic heterocycles. The number of halogens is 4. The fraction of sp³-hybridized carbons (Fsp3) is 0.345. The molecule has 204 valence electrons. The van der Waals surface area contributed by atoms with Gasteiger partial charge < -0.3 is 15.4 Å². The highest BCUT2D eigenvalue weighted by Gasteiger charge is 2.61. The highest BCUT2D eigenvalue weighted by atomic mass is 35.5. The molecule has 2 heterocycles. The Balaban J connectivity index is 1.93. The maximum absolute atomic E-state index is 15.7. The standard InChI is InChI=1S/C29H28Cl2F2N4O2/c1-28(2,3)13-22-29(15-34,19-10-8-16(30)12-21(19)32)24(18-6-5-7-20(31)25(18)33)26(37-22)27(38)36-17-9-11-23(39-4)35-14-17/h5-12,14,22,24,26,37H,13H2,1-4H3,(H,36,38). The highest BCUT2D eigenvalue weighted by Crippen LogP contribution is 2.52. The van der Waals surface area contributed by atoms with Gasteiger partial charge in [-0.3, -0.25) is 4.79 Å². The van der Waals surface area contributed by atoms with E-state index in [0.29, 0.717) is 18.0 Å². The number of nitrogens with zero attached hydrogens (tertiary/aromatic N) is 2. The first-order valence-electron chi connectivity index (χ1n) is 12.3. The average Bonchev–Trinajstić information content (AvgIpc) is 3.19. The summed E-state index contributed by atoms with van der Waals surface area (Å²) in [6.07, 6.45) is 1.79. The van der Waals surface area contributed by atoms with E-state index in [2.05, 4.69) is 21.7 Å². The number of ether oxygens (including phenoxy) is 1. The van der Waals surface area contributed by atoms with Crippen molar-refractivity contribution in [2.75, 3.05) is 12.4 Å². The maximum atomic E-state index is 15.7. The molecule has 1 aliphatic heterocycles. The van der Waals surface area contributed by atoms with E-state index in [1.54, 1.807) is 18.2 Å². The summed E-state index contributed by atoms with van der Waals surface area (Å²) in [5.74, 6) is -2.84. The molecule has 1 fully saturated rings. The van der Waals surface area contributed by atoms with E-state index in [-0.39, 0.29) is 26.6 Å². The van der Waals surface area contributed by atoms with Gasteiger partial charge in [0.25, 0.3) is 0 Å². The molecule has 4 atom stereocenters. The molecule has 10 heteroatoms. The van der Waals surface area contributed by atoms with Crippen LogP contribution < -0.4 is 15.4 Å². The van der Waals surface area contributed by atoms with Crippen molar-refractivity contribution in [3.63, 3.8) is 0 Å². The van der Waals surface area contributed by atoms with Gasteiger partial charge in [-0.25, -0.2) is 13.8 Å². The Morgan fingerprint density at radius 2 is 1.95 bits per heavy atom. The van der Waals surface area contributed by atoms with Crippen LogP contribution in [0.25, 0.3) is 0 Å². The maximum Gasteiger partial charge on any atom is 0.242 e. The third-order valence-electron chi connectivity index (χ3n) is 6.94. The summed E-state index contributed by atoms with van der Waals surface area (Å²) in [6.45, 7) is 5.92. The molecule has 4 unspecified atom stereocenters. The number of anilines is 1. The average molecular weight is 573 g/mol. The van der Waals surface area contributed by atoms with Crippen molar-refractivity contribution < 1.29 is 18.3 Å². The number of rotatable bonds is 6. The number of carbonyl (C=O) groups excluding carboxylic acids is 1. The number of amides is 1. The van der Waals surface area contributed by atoms with Crippen molar-refractivity contribution in [2.45, 2.75) is 50.6 Å². The minimum absolute atomic E-state index is 0.0157. The van der Waals surface area contributed by atoms with E-state index >= 15 is 8.78 Å². The first-order valence-corrected chi connectivity index (χ1v) is 13.0. The Bertz CT molecular complexity index is 1420. The minimum atomic E-state index is -1.70. The number of benzene rings is 2. The smallest absolute Gasteiger partial charge is 0.242 e. The minimum Gasteiger partial charge on any atom is -0.481 e. The molecule has 0 radical (unpaired) electrons. The van der Waals surface area contributed by atoms with Crippen molar-refractivity contribution in [1.29, 1.82) is 5.26 Å². The zero-order valence-corrected chi connectivity index (χ0v) is 23.4. The topological polar surface area (TPSA) is 87.0 Å². The summed E-state index contributed by atoms with van der Waals surface area (Å²) in [5.41, 5.74) is -1.64. The molecule has 0 spiro atoms. The molecule has 0 saturated carbocycles. The Morgan fingerprint density at radius 3 is 2.54 bits per heavy atom. The lowest BCUT2D eigenvalue weighted by Gasteiger charge is -2.37. The Kier molecular flexibility index (Phi) is 8.17. The Morgan fingerprint density at radius 1 is 1.21 bits per heavy atom. The second-order valence-corrected chi connectivity index (χ2v) is 11.6. The summed E-state index contributed by atoms with van der Waals surface area (Å²) in [4.78, 5) is 17.9. The van der Waals surface area contributed by atoms with Crippen LogP contribution in [0.15, 0.2) is 54.7 Å². The van der Waals surface area contributed by atoms with Gasteiger partial charge in [0, 0.05) is 28.6 Å². The van der Waals surface area contributed by atoms with Crippen molar-refractivity contribution >= 4 is 34.8 Å². The number of hydrogen-bond donors (Lipinski definition) is 2. The Labute approximate surface area is 236 Å². The van der Waals surface area contributed by atoms with E-state index in [0.717, 1.165) is 6.07 Å². The van der Waals surface area contributed by atoms with Gasteiger partial charge in [-0.05, 0) is 41.7 Å². The fourth-order valence-corrected chi connectivity index (χ4v) is 5.69. The first kappa shape index (κ1) is 28.8. The number of methoxy groups -OCH3 is 1. The number of pyridine rings is 1. The second-order valence-electron chi connectivity index (χ2n) is 10.8. The summed E-state index contributed by atoms with van der Waals surface area (Å²) >= 11 is 12.2. The van der Waals surface area contributed by atoms with Crippen LogP contribution in [-0.4, -0.2) is 30.1 Å². The van der Waals surface area contributed by atoms with Gasteiger partial charge in [0.1, 0.15) is 17.0 Å². The Hall–Kier alpha value is -3.25. The molecular formula is C29H28Cl2F2N4O2. The lowest BCUT2D eigenvalue weighted by molar-refractivity contribution is -0.118. The molecule has 6 nitrogen and oxygen atoms in total. The highest BCUT2D eigenvalue weighted by molar-refractivity contribution is 6.31. The molecule has 1 amide bonds. The molecule has 39 heavy (non-hydrogen) atoms. The van der Waals surface area contributed by atoms with Crippen LogP contribution in [0.1, 0.15) is 44.2 Å². The van der Waals surface area contributed by atoms with E-state index in [1.165, 1.54) is 37.6 Å². The third kappa shape index (κ3) is 5.58. The zero-order chi connectivity index (χ0) is 28.5. The largest absolute Gasteiger partial charge is 0.481 e. The number of nitriles is 1. The van der Waals surface area contributed by atoms with Gasteiger partial charge >= 0.3 is 0 Å². The van der Waals surface area contributed by atoms with Gasteiger partial charge in [-0.15, -0.1) is 0 Å². The molecule has 1 saturated heterocycles. The van der Waals surface area contributed by atoms with Crippen molar-refractivity contribution in [1.82, 2.24) is 10.3 Å². The zero-order valence-electron chi connectivity index (χ0n) is 21.9. The van der Waals surface area contributed by atoms with Gasteiger partial charge in [0.05, 0.1) is 36.1 Å². The summed E-state index contributed by atoms with van der Waals surface area (Å²) in [5, 5.41) is 16.9. The lowest BCUT2D eigenvalue weighted by Crippen LogP contribution is -2.45. The van der Waals surface area contributed by atoms with Gasteiger partial charge in [-0.1, -0.05) is 62.2 Å². The van der Waals surface area contributed by atoms with E-state index in [9.17, 15) is 10.1 Å². The van der Waals surface area contributed by atoms with Crippen LogP contribution >= 0.6 is 23.2 Å². The van der Waals surface area contributed by atoms with Crippen LogP contribution in [0.3, 0.4) is 0 Å². The quantitative estimate of drug-likeness (QED) is 0.346. The fourth-order valence-electron chi connectivity index (χ4n) is 5.35. The van der Waals surface area contributed by atoms with E-state index in [4.69, 9.17) is 27.9 Å². The number of carbonyl (C=O) groups is 1. The molecule has 0 bridgehead atoms. The summed E-state index contributed by atoms with van der Waals surface area (Å²) in [7, 11) is 1.47. The molecule has 2 N–H and O–H groups in total. The molecule has 3 aromatic rings. The number of hydrogen-bond acceptors (Lipinski definition) is 5. The SMILES string of the molecule is COc1ccc(NC(=O)C2NC(CC(C)(C)C)C(C#N)(c3ccc(Cl)cc3F)C2c2cccc(Cl)c2F)cn1.